The van der Waals surface area contributed by atoms with E-state index in [0.29, 0.717) is 19.0 Å². The van der Waals surface area contributed by atoms with Crippen molar-refractivity contribution in [2.75, 3.05) is 18.0 Å². The number of nitrogens with two attached hydrogens (primary N) is 1. The summed E-state index contributed by atoms with van der Waals surface area (Å²) in [5.41, 5.74) is 9.13. The lowest BCUT2D eigenvalue weighted by Crippen LogP contribution is -2.39. The Morgan fingerprint density at radius 1 is 1.19 bits per heavy atom. The molecule has 3 aromatic rings. The van der Waals surface area contributed by atoms with E-state index in [0.717, 1.165) is 41.0 Å². The van der Waals surface area contributed by atoms with Crippen LogP contribution in [0.5, 0.6) is 0 Å². The second-order valence-corrected chi connectivity index (χ2v) is 6.72. The molecule has 0 radical (unpaired) electrons. The van der Waals surface area contributed by atoms with Crippen molar-refractivity contribution < 1.29 is 9.21 Å². The highest BCUT2D eigenvalue weighted by Gasteiger charge is 2.25. The Bertz CT molecular complexity index is 946. The first-order valence-electron chi connectivity index (χ1n) is 8.99. The van der Waals surface area contributed by atoms with Gasteiger partial charge in [0.25, 0.3) is 0 Å². The summed E-state index contributed by atoms with van der Waals surface area (Å²) in [4.78, 5) is 27.1. The molecule has 138 valence electrons. The number of rotatable bonds is 4. The summed E-state index contributed by atoms with van der Waals surface area (Å²) in [5.74, 6) is 1.18. The zero-order valence-corrected chi connectivity index (χ0v) is 15.1. The number of aryl methyl sites for hydroxylation is 1. The van der Waals surface area contributed by atoms with Gasteiger partial charge in [-0.2, -0.15) is 0 Å². The maximum Gasteiger partial charge on any atom is 0.225 e. The highest BCUT2D eigenvalue weighted by atomic mass is 16.3. The fourth-order valence-corrected chi connectivity index (χ4v) is 3.47. The van der Waals surface area contributed by atoms with E-state index in [2.05, 4.69) is 14.9 Å². The highest BCUT2D eigenvalue weighted by molar-refractivity contribution is 5.81. The van der Waals surface area contributed by atoms with Crippen molar-refractivity contribution in [3.63, 3.8) is 0 Å². The Hall–Kier alpha value is -3.22. The molecule has 0 saturated carbocycles. The normalized spacial score (nSPS) is 15.1. The number of primary amides is 1. The number of carbonyl (C=O) groups is 1. The summed E-state index contributed by atoms with van der Waals surface area (Å²) in [6, 6.07) is 5.80. The van der Waals surface area contributed by atoms with E-state index in [1.54, 1.807) is 18.7 Å². The number of hydrogen-bond donors (Lipinski definition) is 1. The first kappa shape index (κ1) is 17.2. The molecule has 1 fully saturated rings. The van der Waals surface area contributed by atoms with Gasteiger partial charge in [-0.25, -0.2) is 9.97 Å². The molecule has 0 spiro atoms. The third kappa shape index (κ3) is 3.40. The lowest BCUT2D eigenvalue weighted by molar-refractivity contribution is -0.122. The molecule has 7 nitrogen and oxygen atoms in total. The summed E-state index contributed by atoms with van der Waals surface area (Å²) >= 11 is 0. The van der Waals surface area contributed by atoms with Crippen LogP contribution in [-0.4, -0.2) is 33.9 Å². The van der Waals surface area contributed by atoms with Crippen molar-refractivity contribution in [2.45, 2.75) is 19.8 Å². The predicted octanol–water partition coefficient (Wildman–Crippen LogP) is 2.81. The quantitative estimate of drug-likeness (QED) is 0.765. The fourth-order valence-electron chi connectivity index (χ4n) is 3.47. The maximum absolute atomic E-state index is 11.4. The Labute approximate surface area is 157 Å². The van der Waals surface area contributed by atoms with E-state index < -0.39 is 0 Å². The van der Waals surface area contributed by atoms with Gasteiger partial charge in [-0.3, -0.25) is 9.78 Å². The second-order valence-electron chi connectivity index (χ2n) is 6.72. The first-order valence-corrected chi connectivity index (χ1v) is 8.99. The Morgan fingerprint density at radius 3 is 2.56 bits per heavy atom. The van der Waals surface area contributed by atoms with E-state index >= 15 is 0 Å². The Kier molecular flexibility index (Phi) is 4.58. The van der Waals surface area contributed by atoms with Crippen molar-refractivity contribution >= 4 is 11.9 Å². The molecule has 1 aliphatic heterocycles. The van der Waals surface area contributed by atoms with E-state index in [-0.39, 0.29) is 11.8 Å². The maximum atomic E-state index is 11.4. The molecule has 0 bridgehead atoms. The van der Waals surface area contributed by atoms with Gasteiger partial charge in [-0.15, -0.1) is 0 Å². The van der Waals surface area contributed by atoms with Crippen LogP contribution < -0.4 is 10.6 Å². The van der Waals surface area contributed by atoms with Crippen molar-refractivity contribution in [1.82, 2.24) is 15.0 Å². The molecule has 4 rings (SSSR count). The average molecular weight is 363 g/mol. The van der Waals surface area contributed by atoms with E-state index in [1.807, 2.05) is 31.3 Å². The minimum Gasteiger partial charge on any atom is -0.469 e. The second kappa shape index (κ2) is 7.19. The van der Waals surface area contributed by atoms with Gasteiger partial charge in [-0.05, 0) is 43.5 Å². The molecule has 27 heavy (non-hydrogen) atoms. The Morgan fingerprint density at radius 2 is 1.93 bits per heavy atom. The van der Waals surface area contributed by atoms with Gasteiger partial charge in [0.15, 0.2) is 0 Å². The van der Waals surface area contributed by atoms with Crippen molar-refractivity contribution in [3.05, 3.63) is 48.8 Å². The molecule has 0 unspecified atom stereocenters. The summed E-state index contributed by atoms with van der Waals surface area (Å²) < 4.78 is 5.50. The predicted molar refractivity (Wildman–Crippen MR) is 102 cm³/mol. The summed E-state index contributed by atoms with van der Waals surface area (Å²) in [7, 11) is 0. The third-order valence-electron chi connectivity index (χ3n) is 5.06. The molecule has 1 saturated heterocycles. The number of anilines is 1. The fraction of sp³-hybridized carbons (Fsp3) is 0.300. The zero-order chi connectivity index (χ0) is 18.8. The van der Waals surface area contributed by atoms with Crippen LogP contribution in [0.4, 0.5) is 5.95 Å². The van der Waals surface area contributed by atoms with E-state index in [1.165, 1.54) is 0 Å². The van der Waals surface area contributed by atoms with Crippen LogP contribution in [0.25, 0.3) is 22.4 Å². The molecule has 0 atom stereocenters. The van der Waals surface area contributed by atoms with Crippen LogP contribution in [0, 0.1) is 12.8 Å². The number of hydrogen-bond acceptors (Lipinski definition) is 6. The molecule has 4 heterocycles. The zero-order valence-electron chi connectivity index (χ0n) is 15.1. The van der Waals surface area contributed by atoms with Crippen LogP contribution in [-0.2, 0) is 4.79 Å². The van der Waals surface area contributed by atoms with Gasteiger partial charge >= 0.3 is 0 Å². The summed E-state index contributed by atoms with van der Waals surface area (Å²) in [5, 5.41) is 0. The minimum absolute atomic E-state index is 0.0621. The van der Waals surface area contributed by atoms with Gasteiger partial charge in [0, 0.05) is 48.7 Å². The molecule has 1 amide bonds. The number of furan rings is 1. The topological polar surface area (TPSA) is 98.1 Å². The van der Waals surface area contributed by atoms with Gasteiger partial charge in [-0.1, -0.05) is 0 Å². The standard InChI is InChI=1S/C20H21N5O2/c1-13-16(6-11-27-13)18-17(14-2-7-22-8-3-14)12-23-20(24-18)25-9-4-15(5-10-25)19(21)26/h2-3,6-8,11-12,15H,4-5,9-10H2,1H3,(H2,21,26). The first-order chi connectivity index (χ1) is 13.1. The lowest BCUT2D eigenvalue weighted by Gasteiger charge is -2.30. The number of nitrogens with zero attached hydrogens (tertiary/aromatic N) is 4. The molecular weight excluding hydrogens is 342 g/mol. The van der Waals surface area contributed by atoms with Crippen LogP contribution in [0.1, 0.15) is 18.6 Å². The summed E-state index contributed by atoms with van der Waals surface area (Å²) in [6.45, 7) is 3.35. The number of piperidine rings is 1. The number of pyridine rings is 1. The number of carbonyl (C=O) groups excluding carboxylic acids is 1. The van der Waals surface area contributed by atoms with Gasteiger partial charge in [0.2, 0.25) is 11.9 Å². The largest absolute Gasteiger partial charge is 0.469 e. The monoisotopic (exact) mass is 363 g/mol. The van der Waals surface area contributed by atoms with Gasteiger partial charge in [0.1, 0.15) is 5.76 Å². The van der Waals surface area contributed by atoms with Crippen LogP contribution >= 0.6 is 0 Å². The molecular formula is C20H21N5O2. The Balaban J connectivity index is 1.72. The lowest BCUT2D eigenvalue weighted by atomic mass is 9.96. The molecule has 0 aromatic carbocycles. The van der Waals surface area contributed by atoms with Gasteiger partial charge in [0.05, 0.1) is 12.0 Å². The van der Waals surface area contributed by atoms with E-state index in [4.69, 9.17) is 15.1 Å². The molecule has 1 aliphatic rings. The van der Waals surface area contributed by atoms with Crippen LogP contribution in [0.3, 0.4) is 0 Å². The smallest absolute Gasteiger partial charge is 0.225 e. The minimum atomic E-state index is -0.224. The van der Waals surface area contributed by atoms with Crippen molar-refractivity contribution in [2.24, 2.45) is 11.7 Å². The van der Waals surface area contributed by atoms with Crippen molar-refractivity contribution in [3.8, 4) is 22.4 Å². The van der Waals surface area contributed by atoms with Crippen molar-refractivity contribution in [1.29, 1.82) is 0 Å². The number of aromatic nitrogens is 3. The molecule has 3 aromatic heterocycles. The molecule has 7 heteroatoms. The van der Waals surface area contributed by atoms with Crippen LogP contribution in [0.15, 0.2) is 47.5 Å². The van der Waals surface area contributed by atoms with Crippen LogP contribution in [0.2, 0.25) is 0 Å². The molecule has 2 N–H and O–H groups in total. The summed E-state index contributed by atoms with van der Waals surface area (Å²) in [6.07, 6.45) is 8.48. The molecule has 0 aliphatic carbocycles. The van der Waals surface area contributed by atoms with Gasteiger partial charge < -0.3 is 15.1 Å². The average Bonchev–Trinajstić information content (AvgIpc) is 3.14. The highest BCUT2D eigenvalue weighted by Crippen LogP contribution is 2.34. The SMILES string of the molecule is Cc1occc1-c1nc(N2CCC(C(N)=O)CC2)ncc1-c1ccncc1. The third-order valence-corrected chi connectivity index (χ3v) is 5.06. The van der Waals surface area contributed by atoms with E-state index in [9.17, 15) is 4.79 Å². The number of amides is 1.